The van der Waals surface area contributed by atoms with Gasteiger partial charge in [-0.05, 0) is 13.8 Å². The largest absolute Gasteiger partial charge is 0.395 e. The Hall–Kier alpha value is -0.240. The van der Waals surface area contributed by atoms with Crippen LogP contribution >= 0.6 is 0 Å². The Morgan fingerprint density at radius 2 is 2.00 bits per heavy atom. The Labute approximate surface area is 101 Å². The van der Waals surface area contributed by atoms with Gasteiger partial charge >= 0.3 is 0 Å². The van der Waals surface area contributed by atoms with Crippen LogP contribution in [0.3, 0.4) is 0 Å². The van der Waals surface area contributed by atoms with Crippen molar-refractivity contribution in [2.24, 2.45) is 0 Å². The summed E-state index contributed by atoms with van der Waals surface area (Å²) in [4.78, 5) is 0. The first kappa shape index (κ1) is 13.2. The van der Waals surface area contributed by atoms with Crippen LogP contribution in [0, 0.1) is 0 Å². The number of ether oxygens (including phenoxy) is 4. The van der Waals surface area contributed by atoms with Gasteiger partial charge in [0, 0.05) is 20.2 Å². The molecule has 2 aliphatic rings. The van der Waals surface area contributed by atoms with Crippen LogP contribution in [0.1, 0.15) is 13.8 Å². The van der Waals surface area contributed by atoms with E-state index in [1.807, 2.05) is 13.8 Å². The third kappa shape index (κ3) is 2.78. The van der Waals surface area contributed by atoms with E-state index in [0.29, 0.717) is 13.1 Å². The van der Waals surface area contributed by atoms with Crippen LogP contribution in [0.25, 0.3) is 0 Å². The average molecular weight is 247 g/mol. The highest BCUT2D eigenvalue weighted by Crippen LogP contribution is 2.38. The molecule has 0 aromatic rings. The molecule has 0 radical (unpaired) electrons. The predicted molar refractivity (Wildman–Crippen MR) is 59.5 cm³/mol. The fourth-order valence-corrected chi connectivity index (χ4v) is 2.32. The Balaban J connectivity index is 1.95. The smallest absolute Gasteiger partial charge is 0.186 e. The molecule has 0 spiro atoms. The number of hydrogen-bond acceptors (Lipinski definition) is 6. The minimum Gasteiger partial charge on any atom is -0.395 e. The lowest BCUT2D eigenvalue weighted by molar-refractivity contribution is -0.226. The van der Waals surface area contributed by atoms with Crippen molar-refractivity contribution >= 4 is 0 Å². The standard InChI is InChI=1S/C11H21NO5/c1-11(2)16-8-7(6-12-4-5-13)15-10(14-3)9(8)17-11/h7-10,12-13H,4-6H2,1-3H3/t7-,8+,9-,10+/m1/s1. The normalized spacial score (nSPS) is 39.5. The van der Waals surface area contributed by atoms with Gasteiger partial charge in [0.1, 0.15) is 18.3 Å². The lowest BCUT2D eigenvalue weighted by atomic mass is 10.1. The van der Waals surface area contributed by atoms with Gasteiger partial charge < -0.3 is 29.4 Å². The van der Waals surface area contributed by atoms with E-state index in [2.05, 4.69) is 5.32 Å². The van der Waals surface area contributed by atoms with Crippen molar-refractivity contribution in [2.75, 3.05) is 26.8 Å². The SMILES string of the molecule is CO[C@H]1O[C@H](CNCCO)[C@@H]2OC(C)(C)O[C@@H]12. The molecule has 2 heterocycles. The van der Waals surface area contributed by atoms with Crippen LogP contribution in [0.15, 0.2) is 0 Å². The number of hydrogen-bond donors (Lipinski definition) is 2. The van der Waals surface area contributed by atoms with Crippen LogP contribution < -0.4 is 5.32 Å². The molecule has 0 bridgehead atoms. The van der Waals surface area contributed by atoms with E-state index in [-0.39, 0.29) is 31.2 Å². The highest BCUT2D eigenvalue weighted by molar-refractivity contribution is 4.95. The number of fused-ring (bicyclic) bond motifs is 1. The molecule has 4 atom stereocenters. The van der Waals surface area contributed by atoms with Gasteiger partial charge in [0.2, 0.25) is 0 Å². The summed E-state index contributed by atoms with van der Waals surface area (Å²) in [5.74, 6) is -0.592. The van der Waals surface area contributed by atoms with Gasteiger partial charge in [-0.25, -0.2) is 0 Å². The predicted octanol–water partition coefficient (Wildman–Crippen LogP) is -0.540. The Morgan fingerprint density at radius 1 is 1.29 bits per heavy atom. The number of aliphatic hydroxyl groups excluding tert-OH is 1. The fourth-order valence-electron chi connectivity index (χ4n) is 2.32. The lowest BCUT2D eigenvalue weighted by Crippen LogP contribution is -2.38. The van der Waals surface area contributed by atoms with E-state index >= 15 is 0 Å². The second kappa shape index (κ2) is 5.17. The third-order valence-electron chi connectivity index (χ3n) is 2.97. The van der Waals surface area contributed by atoms with Crippen molar-refractivity contribution in [3.05, 3.63) is 0 Å². The molecular weight excluding hydrogens is 226 g/mol. The number of aliphatic hydroxyl groups is 1. The molecule has 0 saturated carbocycles. The van der Waals surface area contributed by atoms with Gasteiger partial charge in [-0.15, -0.1) is 0 Å². The minimum absolute atomic E-state index is 0.109. The van der Waals surface area contributed by atoms with E-state index in [1.54, 1.807) is 7.11 Å². The summed E-state index contributed by atoms with van der Waals surface area (Å²) in [7, 11) is 1.60. The molecule has 0 aromatic carbocycles. The van der Waals surface area contributed by atoms with Gasteiger partial charge in [-0.2, -0.15) is 0 Å². The number of methoxy groups -OCH3 is 1. The highest BCUT2D eigenvalue weighted by atomic mass is 16.8. The molecular formula is C11H21NO5. The molecule has 0 amide bonds. The quantitative estimate of drug-likeness (QED) is 0.636. The summed E-state index contributed by atoms with van der Waals surface area (Å²) < 4.78 is 22.5. The second-order valence-corrected chi connectivity index (χ2v) is 4.77. The number of nitrogens with one attached hydrogen (secondary N) is 1. The molecule has 2 saturated heterocycles. The summed E-state index contributed by atoms with van der Waals surface area (Å²) in [6, 6.07) is 0. The van der Waals surface area contributed by atoms with Gasteiger partial charge in [0.15, 0.2) is 12.1 Å². The first-order valence-corrected chi connectivity index (χ1v) is 5.93. The van der Waals surface area contributed by atoms with E-state index in [4.69, 9.17) is 24.1 Å². The summed E-state index contributed by atoms with van der Waals surface area (Å²) >= 11 is 0. The van der Waals surface area contributed by atoms with Gasteiger partial charge in [-0.1, -0.05) is 0 Å². The molecule has 2 aliphatic heterocycles. The topological polar surface area (TPSA) is 69.2 Å². The van der Waals surface area contributed by atoms with Crippen LogP contribution in [0.5, 0.6) is 0 Å². The Morgan fingerprint density at radius 3 is 2.65 bits per heavy atom. The van der Waals surface area contributed by atoms with Gasteiger partial charge in [0.25, 0.3) is 0 Å². The first-order chi connectivity index (χ1) is 8.07. The van der Waals surface area contributed by atoms with Crippen LogP contribution in [-0.2, 0) is 18.9 Å². The van der Waals surface area contributed by atoms with Crippen molar-refractivity contribution in [1.82, 2.24) is 5.32 Å². The maximum atomic E-state index is 8.72. The molecule has 0 unspecified atom stereocenters. The van der Waals surface area contributed by atoms with Gasteiger partial charge in [-0.3, -0.25) is 0 Å². The van der Waals surface area contributed by atoms with Crippen LogP contribution in [0.4, 0.5) is 0 Å². The monoisotopic (exact) mass is 247 g/mol. The van der Waals surface area contributed by atoms with Gasteiger partial charge in [0.05, 0.1) is 6.61 Å². The molecule has 6 heteroatoms. The fraction of sp³-hybridized carbons (Fsp3) is 1.00. The summed E-state index contributed by atoms with van der Waals surface area (Å²) in [5, 5.41) is 11.8. The molecule has 2 rings (SSSR count). The van der Waals surface area contributed by atoms with Crippen molar-refractivity contribution in [3.63, 3.8) is 0 Å². The van der Waals surface area contributed by atoms with Crippen LogP contribution in [-0.4, -0.2) is 62.3 Å². The Kier molecular flexibility index (Phi) is 4.02. The summed E-state index contributed by atoms with van der Waals surface area (Å²) in [6.07, 6.45) is -0.807. The molecule has 2 N–H and O–H groups in total. The number of rotatable bonds is 5. The lowest BCUT2D eigenvalue weighted by Gasteiger charge is -2.23. The third-order valence-corrected chi connectivity index (χ3v) is 2.97. The van der Waals surface area contributed by atoms with Crippen molar-refractivity contribution in [1.29, 1.82) is 0 Å². The van der Waals surface area contributed by atoms with Crippen molar-refractivity contribution < 1.29 is 24.1 Å². The van der Waals surface area contributed by atoms with Crippen molar-refractivity contribution in [2.45, 2.75) is 44.2 Å². The van der Waals surface area contributed by atoms with E-state index in [9.17, 15) is 0 Å². The van der Waals surface area contributed by atoms with E-state index < -0.39 is 5.79 Å². The summed E-state index contributed by atoms with van der Waals surface area (Å²) in [5.41, 5.74) is 0. The molecule has 6 nitrogen and oxygen atoms in total. The first-order valence-electron chi connectivity index (χ1n) is 5.93. The van der Waals surface area contributed by atoms with Crippen molar-refractivity contribution in [3.8, 4) is 0 Å². The maximum Gasteiger partial charge on any atom is 0.186 e. The Bertz CT molecular complexity index is 260. The van der Waals surface area contributed by atoms with Crippen LogP contribution in [0.2, 0.25) is 0 Å². The summed E-state index contributed by atoms with van der Waals surface area (Å²) in [6.45, 7) is 5.03. The van der Waals surface area contributed by atoms with E-state index in [1.165, 1.54) is 0 Å². The zero-order valence-electron chi connectivity index (χ0n) is 10.5. The molecule has 17 heavy (non-hydrogen) atoms. The average Bonchev–Trinajstić information content (AvgIpc) is 2.73. The molecule has 2 fully saturated rings. The second-order valence-electron chi connectivity index (χ2n) is 4.77. The maximum absolute atomic E-state index is 8.72. The minimum atomic E-state index is -0.592. The van der Waals surface area contributed by atoms with E-state index in [0.717, 1.165) is 0 Å². The molecule has 0 aromatic heterocycles. The zero-order chi connectivity index (χ0) is 12.5. The molecule has 0 aliphatic carbocycles. The molecule has 100 valence electrons. The highest BCUT2D eigenvalue weighted by Gasteiger charge is 2.55. The zero-order valence-corrected chi connectivity index (χ0v) is 10.5.